The van der Waals surface area contributed by atoms with Crippen LogP contribution in [0.15, 0.2) is 18.2 Å². The maximum Gasteiger partial charge on any atom is 0.119 e. The van der Waals surface area contributed by atoms with Crippen LogP contribution in [0.1, 0.15) is 70.4 Å². The van der Waals surface area contributed by atoms with Gasteiger partial charge >= 0.3 is 0 Å². The number of halogens is 1. The van der Waals surface area contributed by atoms with Crippen molar-refractivity contribution in [3.63, 3.8) is 0 Å². The molecule has 1 aromatic carbocycles. The molecule has 0 heterocycles. The third-order valence-electron chi connectivity index (χ3n) is 4.25. The predicted molar refractivity (Wildman–Crippen MR) is 96.8 cm³/mol. The standard InChI is InChI=1S/C19H31BrO/c1-6-10-19(13-20,11-7-2)14-21-17-8-9-18(15(3)4)16(5)12-17/h8-9,12,15H,6-7,10-11,13-14H2,1-5H3. The minimum atomic E-state index is 0.272. The van der Waals surface area contributed by atoms with Crippen molar-refractivity contribution in [3.8, 4) is 5.75 Å². The van der Waals surface area contributed by atoms with Crippen LogP contribution >= 0.6 is 15.9 Å². The molecule has 0 aliphatic rings. The van der Waals surface area contributed by atoms with Crippen molar-refractivity contribution in [3.05, 3.63) is 29.3 Å². The molecule has 120 valence electrons. The van der Waals surface area contributed by atoms with Crippen LogP contribution in [-0.4, -0.2) is 11.9 Å². The van der Waals surface area contributed by atoms with Crippen LogP contribution in [0, 0.1) is 12.3 Å². The summed E-state index contributed by atoms with van der Waals surface area (Å²) >= 11 is 3.71. The van der Waals surface area contributed by atoms with Gasteiger partial charge in [-0.3, -0.25) is 0 Å². The quantitative estimate of drug-likeness (QED) is 0.461. The maximum absolute atomic E-state index is 6.15. The first-order chi connectivity index (χ1) is 9.98. The van der Waals surface area contributed by atoms with Crippen molar-refractivity contribution < 1.29 is 4.74 Å². The van der Waals surface area contributed by atoms with Crippen LogP contribution in [0.5, 0.6) is 5.75 Å². The summed E-state index contributed by atoms with van der Waals surface area (Å²) in [5.41, 5.74) is 3.02. The van der Waals surface area contributed by atoms with Gasteiger partial charge in [-0.25, -0.2) is 0 Å². The van der Waals surface area contributed by atoms with Gasteiger partial charge in [-0.1, -0.05) is 62.5 Å². The number of alkyl halides is 1. The number of hydrogen-bond acceptors (Lipinski definition) is 1. The average molecular weight is 355 g/mol. The minimum Gasteiger partial charge on any atom is -0.493 e. The molecule has 0 saturated carbocycles. The van der Waals surface area contributed by atoms with E-state index in [4.69, 9.17) is 4.74 Å². The molecule has 0 aliphatic carbocycles. The molecule has 0 fully saturated rings. The van der Waals surface area contributed by atoms with Crippen molar-refractivity contribution in [1.82, 2.24) is 0 Å². The van der Waals surface area contributed by atoms with E-state index in [9.17, 15) is 0 Å². The lowest BCUT2D eigenvalue weighted by molar-refractivity contribution is 0.144. The molecule has 2 heteroatoms. The third kappa shape index (κ3) is 5.32. The summed E-state index contributed by atoms with van der Waals surface area (Å²) in [6.07, 6.45) is 4.85. The monoisotopic (exact) mass is 354 g/mol. The summed E-state index contributed by atoms with van der Waals surface area (Å²) in [5, 5.41) is 1.02. The maximum atomic E-state index is 6.15. The molecule has 0 unspecified atom stereocenters. The van der Waals surface area contributed by atoms with Crippen molar-refractivity contribution in [2.75, 3.05) is 11.9 Å². The lowest BCUT2D eigenvalue weighted by Crippen LogP contribution is -2.30. The Morgan fingerprint density at radius 3 is 2.19 bits per heavy atom. The first-order valence-electron chi connectivity index (χ1n) is 8.27. The first kappa shape index (κ1) is 18.5. The van der Waals surface area contributed by atoms with E-state index >= 15 is 0 Å². The number of rotatable bonds is 9. The normalized spacial score (nSPS) is 12.0. The van der Waals surface area contributed by atoms with Gasteiger partial charge in [0.15, 0.2) is 0 Å². The zero-order chi connectivity index (χ0) is 15.9. The van der Waals surface area contributed by atoms with E-state index in [-0.39, 0.29) is 5.41 Å². The summed E-state index contributed by atoms with van der Waals surface area (Å²) in [4.78, 5) is 0. The van der Waals surface area contributed by atoms with Gasteiger partial charge in [-0.2, -0.15) is 0 Å². The zero-order valence-electron chi connectivity index (χ0n) is 14.3. The van der Waals surface area contributed by atoms with Crippen LogP contribution in [0.3, 0.4) is 0 Å². The second-order valence-electron chi connectivity index (χ2n) is 6.60. The highest BCUT2D eigenvalue weighted by Gasteiger charge is 2.28. The smallest absolute Gasteiger partial charge is 0.119 e. The number of aryl methyl sites for hydroxylation is 1. The van der Waals surface area contributed by atoms with Crippen molar-refractivity contribution in [2.24, 2.45) is 5.41 Å². The van der Waals surface area contributed by atoms with Crippen molar-refractivity contribution in [2.45, 2.75) is 66.2 Å². The largest absolute Gasteiger partial charge is 0.493 e. The lowest BCUT2D eigenvalue weighted by atomic mass is 9.82. The van der Waals surface area contributed by atoms with E-state index in [1.807, 2.05) is 0 Å². The highest BCUT2D eigenvalue weighted by atomic mass is 79.9. The molecule has 1 aromatic rings. The molecule has 21 heavy (non-hydrogen) atoms. The Morgan fingerprint density at radius 1 is 1.14 bits per heavy atom. The van der Waals surface area contributed by atoms with E-state index in [0.29, 0.717) is 5.92 Å². The van der Waals surface area contributed by atoms with E-state index < -0.39 is 0 Å². The fraction of sp³-hybridized carbons (Fsp3) is 0.684. The number of ether oxygens (including phenoxy) is 1. The van der Waals surface area contributed by atoms with Crippen LogP contribution in [0.25, 0.3) is 0 Å². The topological polar surface area (TPSA) is 9.23 Å². The summed E-state index contributed by atoms with van der Waals surface area (Å²) < 4.78 is 6.15. The van der Waals surface area contributed by atoms with Gasteiger partial charge in [0, 0.05) is 10.7 Å². The molecular weight excluding hydrogens is 324 g/mol. The van der Waals surface area contributed by atoms with Gasteiger partial charge in [0.05, 0.1) is 6.61 Å². The van der Waals surface area contributed by atoms with Gasteiger partial charge in [0.2, 0.25) is 0 Å². The van der Waals surface area contributed by atoms with Crippen molar-refractivity contribution >= 4 is 15.9 Å². The summed E-state index contributed by atoms with van der Waals surface area (Å²) in [7, 11) is 0. The fourth-order valence-electron chi connectivity index (χ4n) is 3.12. The van der Waals surface area contributed by atoms with Gasteiger partial charge in [-0.15, -0.1) is 0 Å². The van der Waals surface area contributed by atoms with E-state index in [2.05, 4.69) is 68.7 Å². The van der Waals surface area contributed by atoms with Crippen LogP contribution in [0.2, 0.25) is 0 Å². The molecular formula is C19H31BrO. The predicted octanol–water partition coefficient (Wildman–Crippen LogP) is 6.48. The Bertz CT molecular complexity index is 420. The Labute approximate surface area is 139 Å². The van der Waals surface area contributed by atoms with Crippen LogP contribution in [0.4, 0.5) is 0 Å². The first-order valence-corrected chi connectivity index (χ1v) is 9.39. The molecule has 1 nitrogen and oxygen atoms in total. The molecule has 0 N–H and O–H groups in total. The molecule has 0 aliphatic heterocycles. The molecule has 0 spiro atoms. The van der Waals surface area contributed by atoms with Gasteiger partial charge < -0.3 is 4.74 Å². The Morgan fingerprint density at radius 2 is 1.76 bits per heavy atom. The van der Waals surface area contributed by atoms with Gasteiger partial charge in [0.1, 0.15) is 5.75 Å². The fourth-order valence-corrected chi connectivity index (χ4v) is 3.85. The zero-order valence-corrected chi connectivity index (χ0v) is 15.9. The molecule has 0 saturated heterocycles. The minimum absolute atomic E-state index is 0.272. The number of benzene rings is 1. The second kappa shape index (κ2) is 8.82. The molecule has 0 bridgehead atoms. The average Bonchev–Trinajstić information content (AvgIpc) is 2.45. The highest BCUT2D eigenvalue weighted by Crippen LogP contribution is 2.33. The van der Waals surface area contributed by atoms with E-state index in [1.54, 1.807) is 0 Å². The van der Waals surface area contributed by atoms with E-state index in [1.165, 1.54) is 36.8 Å². The molecule has 0 amide bonds. The molecule has 0 radical (unpaired) electrons. The van der Waals surface area contributed by atoms with Crippen LogP contribution < -0.4 is 4.74 Å². The second-order valence-corrected chi connectivity index (χ2v) is 7.16. The van der Waals surface area contributed by atoms with Crippen LogP contribution in [-0.2, 0) is 0 Å². The van der Waals surface area contributed by atoms with Crippen molar-refractivity contribution in [1.29, 1.82) is 0 Å². The van der Waals surface area contributed by atoms with Gasteiger partial charge in [-0.05, 0) is 48.9 Å². The number of hydrogen-bond donors (Lipinski definition) is 0. The Hall–Kier alpha value is -0.500. The highest BCUT2D eigenvalue weighted by molar-refractivity contribution is 9.09. The molecule has 1 rings (SSSR count). The SMILES string of the molecule is CCCC(CBr)(CCC)COc1ccc(C(C)C)c(C)c1. The molecule has 0 aromatic heterocycles. The summed E-state index contributed by atoms with van der Waals surface area (Å²) in [6.45, 7) is 12.0. The van der Waals surface area contributed by atoms with E-state index in [0.717, 1.165) is 17.7 Å². The Kier molecular flexibility index (Phi) is 7.79. The molecule has 0 atom stereocenters. The third-order valence-corrected chi connectivity index (χ3v) is 5.44. The Balaban J connectivity index is 2.78. The summed E-state index contributed by atoms with van der Waals surface area (Å²) in [5.74, 6) is 1.58. The lowest BCUT2D eigenvalue weighted by Gasteiger charge is -2.31. The summed E-state index contributed by atoms with van der Waals surface area (Å²) in [6, 6.07) is 6.52. The van der Waals surface area contributed by atoms with Gasteiger partial charge in [0.25, 0.3) is 0 Å².